The Kier molecular flexibility index (Phi) is 6.56. The SMILES string of the molecule is CCOc1cc(C(=O)OCN2C(=O)c3ccccc3C2=O)cc(OCC)c1OCC. The molecule has 0 unspecified atom stereocenters. The highest BCUT2D eigenvalue weighted by molar-refractivity contribution is 6.21. The van der Waals surface area contributed by atoms with Crippen molar-refractivity contribution in [1.29, 1.82) is 0 Å². The van der Waals surface area contributed by atoms with Gasteiger partial charge in [0.15, 0.2) is 18.2 Å². The van der Waals surface area contributed by atoms with E-state index in [9.17, 15) is 14.4 Å². The Bertz CT molecular complexity index is 908. The predicted molar refractivity (Wildman–Crippen MR) is 107 cm³/mol. The van der Waals surface area contributed by atoms with E-state index in [0.29, 0.717) is 37.1 Å². The van der Waals surface area contributed by atoms with Gasteiger partial charge in [-0.15, -0.1) is 0 Å². The molecule has 2 aromatic rings. The lowest BCUT2D eigenvalue weighted by Crippen LogP contribution is -2.33. The topological polar surface area (TPSA) is 91.4 Å². The van der Waals surface area contributed by atoms with Gasteiger partial charge in [-0.3, -0.25) is 9.59 Å². The molecule has 0 fully saturated rings. The monoisotopic (exact) mass is 413 g/mol. The highest BCUT2D eigenvalue weighted by Gasteiger charge is 2.36. The van der Waals surface area contributed by atoms with Crippen molar-refractivity contribution in [3.05, 3.63) is 53.1 Å². The third-order valence-electron chi connectivity index (χ3n) is 4.35. The fourth-order valence-electron chi connectivity index (χ4n) is 3.07. The molecule has 0 atom stereocenters. The van der Waals surface area contributed by atoms with Gasteiger partial charge in [0.1, 0.15) is 0 Å². The van der Waals surface area contributed by atoms with Gasteiger partial charge in [-0.2, -0.15) is 0 Å². The quantitative estimate of drug-likeness (QED) is 0.460. The average Bonchev–Trinajstić information content (AvgIpc) is 2.99. The van der Waals surface area contributed by atoms with Crippen LogP contribution in [0, 0.1) is 0 Å². The number of rotatable bonds is 9. The first-order valence-electron chi connectivity index (χ1n) is 9.70. The van der Waals surface area contributed by atoms with E-state index in [1.165, 1.54) is 12.1 Å². The summed E-state index contributed by atoms with van der Waals surface area (Å²) >= 11 is 0. The first-order chi connectivity index (χ1) is 14.5. The highest BCUT2D eigenvalue weighted by atomic mass is 16.6. The van der Waals surface area contributed by atoms with Crippen molar-refractivity contribution in [1.82, 2.24) is 4.90 Å². The van der Waals surface area contributed by atoms with Gasteiger partial charge in [-0.1, -0.05) is 12.1 Å². The number of nitrogens with zero attached hydrogens (tertiary/aromatic N) is 1. The fraction of sp³-hybridized carbons (Fsp3) is 0.318. The van der Waals surface area contributed by atoms with Crippen LogP contribution < -0.4 is 14.2 Å². The van der Waals surface area contributed by atoms with Crippen molar-refractivity contribution >= 4 is 17.8 Å². The van der Waals surface area contributed by atoms with Crippen LogP contribution in [0.25, 0.3) is 0 Å². The van der Waals surface area contributed by atoms with Crippen LogP contribution in [0.5, 0.6) is 17.2 Å². The molecule has 0 aliphatic carbocycles. The van der Waals surface area contributed by atoms with Crippen molar-refractivity contribution in [2.45, 2.75) is 20.8 Å². The number of hydrogen-bond acceptors (Lipinski definition) is 7. The summed E-state index contributed by atoms with van der Waals surface area (Å²) in [4.78, 5) is 38.4. The summed E-state index contributed by atoms with van der Waals surface area (Å²) in [6.07, 6.45) is 0. The largest absolute Gasteiger partial charge is 0.490 e. The van der Waals surface area contributed by atoms with Gasteiger partial charge in [-0.25, -0.2) is 9.69 Å². The summed E-state index contributed by atoms with van der Waals surface area (Å²) in [6, 6.07) is 9.44. The molecule has 0 bridgehead atoms. The van der Waals surface area contributed by atoms with Crippen LogP contribution in [0.15, 0.2) is 36.4 Å². The Morgan fingerprint density at radius 1 is 0.833 bits per heavy atom. The number of hydrogen-bond donors (Lipinski definition) is 0. The maximum atomic E-state index is 12.6. The van der Waals surface area contributed by atoms with Gasteiger partial charge in [0.2, 0.25) is 5.75 Å². The smallest absolute Gasteiger partial charge is 0.340 e. The van der Waals surface area contributed by atoms with Crippen molar-refractivity contribution in [3.8, 4) is 17.2 Å². The standard InChI is InChI=1S/C22H23NO7/c1-4-27-17-11-14(12-18(28-5-2)19(17)29-6-3)22(26)30-13-23-20(24)15-9-7-8-10-16(15)21(23)25/h7-12H,4-6,13H2,1-3H3. The minimum atomic E-state index is -0.725. The number of carbonyl (C=O) groups is 3. The molecule has 0 N–H and O–H groups in total. The lowest BCUT2D eigenvalue weighted by molar-refractivity contribution is 0.0227. The van der Waals surface area contributed by atoms with Crippen LogP contribution in [0.3, 0.4) is 0 Å². The van der Waals surface area contributed by atoms with Crippen LogP contribution in [0.1, 0.15) is 51.8 Å². The lowest BCUT2D eigenvalue weighted by Gasteiger charge is -2.18. The fourth-order valence-corrected chi connectivity index (χ4v) is 3.07. The second kappa shape index (κ2) is 9.30. The molecule has 8 nitrogen and oxygen atoms in total. The van der Waals surface area contributed by atoms with Gasteiger partial charge in [-0.05, 0) is 45.0 Å². The van der Waals surface area contributed by atoms with Gasteiger partial charge in [0, 0.05) is 0 Å². The van der Waals surface area contributed by atoms with Crippen LogP contribution in [0.4, 0.5) is 0 Å². The maximum absolute atomic E-state index is 12.6. The van der Waals surface area contributed by atoms with E-state index in [-0.39, 0.29) is 16.7 Å². The summed E-state index contributed by atoms with van der Waals surface area (Å²) in [6.45, 7) is 6.07. The molecule has 2 amide bonds. The van der Waals surface area contributed by atoms with E-state index in [1.54, 1.807) is 24.3 Å². The number of imide groups is 1. The molecule has 1 heterocycles. The molecule has 0 radical (unpaired) electrons. The van der Waals surface area contributed by atoms with E-state index in [0.717, 1.165) is 4.90 Å². The molecule has 1 aliphatic rings. The van der Waals surface area contributed by atoms with Gasteiger partial charge < -0.3 is 18.9 Å². The second-order valence-electron chi connectivity index (χ2n) is 6.25. The van der Waals surface area contributed by atoms with Crippen LogP contribution in [0.2, 0.25) is 0 Å². The number of carbonyl (C=O) groups excluding carboxylic acids is 3. The normalized spacial score (nSPS) is 12.6. The number of ether oxygens (including phenoxy) is 4. The zero-order valence-electron chi connectivity index (χ0n) is 17.1. The lowest BCUT2D eigenvalue weighted by atomic mass is 10.1. The Morgan fingerprint density at radius 3 is 1.80 bits per heavy atom. The van der Waals surface area contributed by atoms with E-state index >= 15 is 0 Å². The second-order valence-corrected chi connectivity index (χ2v) is 6.25. The van der Waals surface area contributed by atoms with E-state index in [2.05, 4.69) is 0 Å². The molecule has 0 spiro atoms. The first-order valence-corrected chi connectivity index (χ1v) is 9.70. The molecule has 3 rings (SSSR count). The highest BCUT2D eigenvalue weighted by Crippen LogP contribution is 2.39. The number of fused-ring (bicyclic) bond motifs is 1. The van der Waals surface area contributed by atoms with E-state index in [4.69, 9.17) is 18.9 Å². The van der Waals surface area contributed by atoms with E-state index in [1.807, 2.05) is 20.8 Å². The number of amides is 2. The Hall–Kier alpha value is -3.55. The summed E-state index contributed by atoms with van der Waals surface area (Å²) < 4.78 is 22.0. The molecular formula is C22H23NO7. The minimum absolute atomic E-state index is 0.155. The molecule has 30 heavy (non-hydrogen) atoms. The zero-order chi connectivity index (χ0) is 21.7. The molecule has 0 saturated carbocycles. The Morgan fingerprint density at radius 2 is 1.33 bits per heavy atom. The predicted octanol–water partition coefficient (Wildman–Crippen LogP) is 3.29. The summed E-state index contributed by atoms with van der Waals surface area (Å²) in [5.41, 5.74) is 0.732. The molecule has 0 saturated heterocycles. The van der Waals surface area contributed by atoms with Crippen LogP contribution in [-0.4, -0.2) is 49.2 Å². The molecule has 2 aromatic carbocycles. The van der Waals surface area contributed by atoms with Gasteiger partial charge in [0.25, 0.3) is 11.8 Å². The number of benzene rings is 2. The summed E-state index contributed by atoms with van der Waals surface area (Å²) in [5.74, 6) is -0.634. The molecule has 158 valence electrons. The van der Waals surface area contributed by atoms with Crippen LogP contribution >= 0.6 is 0 Å². The molecular weight excluding hydrogens is 390 g/mol. The van der Waals surface area contributed by atoms with Gasteiger partial charge >= 0.3 is 5.97 Å². The Balaban J connectivity index is 1.80. The molecule has 1 aliphatic heterocycles. The summed E-state index contributed by atoms with van der Waals surface area (Å²) in [5, 5.41) is 0. The first kappa shape index (κ1) is 21.2. The average molecular weight is 413 g/mol. The third kappa shape index (κ3) is 4.07. The number of esters is 1. The summed E-state index contributed by atoms with van der Waals surface area (Å²) in [7, 11) is 0. The van der Waals surface area contributed by atoms with Crippen molar-refractivity contribution in [2.24, 2.45) is 0 Å². The van der Waals surface area contributed by atoms with Crippen molar-refractivity contribution in [3.63, 3.8) is 0 Å². The van der Waals surface area contributed by atoms with Gasteiger partial charge in [0.05, 0.1) is 36.5 Å². The van der Waals surface area contributed by atoms with E-state index < -0.39 is 24.5 Å². The minimum Gasteiger partial charge on any atom is -0.490 e. The zero-order valence-corrected chi connectivity index (χ0v) is 17.1. The van der Waals surface area contributed by atoms with Crippen LogP contribution in [-0.2, 0) is 4.74 Å². The van der Waals surface area contributed by atoms with Crippen molar-refractivity contribution < 1.29 is 33.3 Å². The molecule has 0 aromatic heterocycles. The Labute approximate surface area is 174 Å². The van der Waals surface area contributed by atoms with Crippen molar-refractivity contribution in [2.75, 3.05) is 26.6 Å². The molecule has 8 heteroatoms. The maximum Gasteiger partial charge on any atom is 0.340 e. The third-order valence-corrected chi connectivity index (χ3v) is 4.35.